The normalized spacial score (nSPS) is 12.5. The highest BCUT2D eigenvalue weighted by molar-refractivity contribution is 5.94. The van der Waals surface area contributed by atoms with Gasteiger partial charge >= 0.3 is 11.9 Å². The molecule has 3 N–H and O–H groups in total. The third-order valence-electron chi connectivity index (χ3n) is 8.45. The lowest BCUT2D eigenvalue weighted by Gasteiger charge is -2.32. The van der Waals surface area contributed by atoms with E-state index >= 15 is 0 Å². The van der Waals surface area contributed by atoms with Gasteiger partial charge < -0.3 is 29.8 Å². The van der Waals surface area contributed by atoms with Crippen LogP contribution in [-0.2, 0) is 32.0 Å². The molecule has 2 amide bonds. The maximum Gasteiger partial charge on any atom is 0.341 e. The monoisotopic (exact) mass is 682 g/mol. The van der Waals surface area contributed by atoms with Gasteiger partial charge in [-0.05, 0) is 94.5 Å². The van der Waals surface area contributed by atoms with E-state index in [1.54, 1.807) is 62.2 Å². The number of primary amides is 1. The first-order valence-corrected chi connectivity index (χ1v) is 16.4. The average Bonchev–Trinajstić information content (AvgIpc) is 3.57. The predicted molar refractivity (Wildman–Crippen MR) is 189 cm³/mol. The maximum absolute atomic E-state index is 14.9. The molecule has 50 heavy (non-hydrogen) atoms. The first kappa shape index (κ1) is 37.4. The van der Waals surface area contributed by atoms with Gasteiger partial charge in [0.1, 0.15) is 22.7 Å². The molecule has 0 aliphatic carbocycles. The Hall–Kier alpha value is -5.45. The number of carbonyl (C=O) groups excluding carboxylic acids is 4. The van der Waals surface area contributed by atoms with Gasteiger partial charge in [0.25, 0.3) is 0 Å². The Kier molecular flexibility index (Phi) is 11.8. The number of carbonyl (C=O) groups is 4. The van der Waals surface area contributed by atoms with Crippen LogP contribution in [-0.4, -0.2) is 58.4 Å². The number of benzene rings is 3. The molecule has 4 aromatic rings. The van der Waals surface area contributed by atoms with E-state index in [0.717, 1.165) is 22.3 Å². The van der Waals surface area contributed by atoms with Crippen molar-refractivity contribution in [3.8, 4) is 17.0 Å². The Labute approximate surface area is 293 Å². The van der Waals surface area contributed by atoms with E-state index < -0.39 is 35.4 Å². The van der Waals surface area contributed by atoms with Crippen LogP contribution >= 0.6 is 0 Å². The summed E-state index contributed by atoms with van der Waals surface area (Å²) < 4.78 is 16.1. The van der Waals surface area contributed by atoms with Gasteiger partial charge in [0, 0.05) is 23.9 Å². The molecule has 0 saturated heterocycles. The summed E-state index contributed by atoms with van der Waals surface area (Å²) in [5.74, 6) is -1.97. The standard InChI is InChI=1S/C39H46N4O7/c1-23-16-28(35(40)45)17-24(2)30(23)19-29(20-34(44)50-39(4,5)6)37(46)43(22-26-14-15-33(48-7)31(18-26)38(47)49-8)25(3)36-41-21-32(42-36)27-12-10-9-11-13-27/h9-18,21,25,29H,19-20,22H2,1-8H3,(H2,40,45)(H,41,42). The minimum absolute atomic E-state index is 0.0682. The van der Waals surface area contributed by atoms with Crippen molar-refractivity contribution in [2.75, 3.05) is 14.2 Å². The quantitative estimate of drug-likeness (QED) is 0.157. The minimum atomic E-state index is -0.856. The van der Waals surface area contributed by atoms with Crippen molar-refractivity contribution < 1.29 is 33.4 Å². The van der Waals surface area contributed by atoms with E-state index in [9.17, 15) is 19.2 Å². The number of aromatic nitrogens is 2. The molecular formula is C39H46N4O7. The van der Waals surface area contributed by atoms with Gasteiger partial charge in [-0.25, -0.2) is 9.78 Å². The van der Waals surface area contributed by atoms with Crippen LogP contribution in [0.2, 0.25) is 0 Å². The fraction of sp³-hybridized carbons (Fsp3) is 0.359. The lowest BCUT2D eigenvalue weighted by atomic mass is 9.88. The number of aryl methyl sites for hydroxylation is 2. The molecule has 2 atom stereocenters. The van der Waals surface area contributed by atoms with E-state index in [2.05, 4.69) is 4.98 Å². The van der Waals surface area contributed by atoms with Crippen LogP contribution < -0.4 is 10.5 Å². The number of nitrogens with zero attached hydrogens (tertiary/aromatic N) is 2. The van der Waals surface area contributed by atoms with Crippen LogP contribution in [0.3, 0.4) is 0 Å². The molecule has 3 aromatic carbocycles. The smallest absolute Gasteiger partial charge is 0.341 e. The van der Waals surface area contributed by atoms with E-state index in [-0.39, 0.29) is 30.9 Å². The summed E-state index contributed by atoms with van der Waals surface area (Å²) in [6.45, 7) is 11.0. The summed E-state index contributed by atoms with van der Waals surface area (Å²) in [6, 6.07) is 17.5. The number of nitrogens with two attached hydrogens (primary N) is 1. The molecule has 0 aliphatic rings. The molecule has 0 bridgehead atoms. The largest absolute Gasteiger partial charge is 0.496 e. The number of ether oxygens (including phenoxy) is 3. The van der Waals surface area contributed by atoms with Crippen molar-refractivity contribution in [2.45, 2.75) is 72.6 Å². The predicted octanol–water partition coefficient (Wildman–Crippen LogP) is 6.27. The van der Waals surface area contributed by atoms with E-state index in [4.69, 9.17) is 24.9 Å². The first-order chi connectivity index (χ1) is 23.6. The van der Waals surface area contributed by atoms with Crippen molar-refractivity contribution in [2.24, 2.45) is 11.7 Å². The van der Waals surface area contributed by atoms with Crippen LogP contribution in [0.5, 0.6) is 5.75 Å². The molecule has 0 radical (unpaired) electrons. The SMILES string of the molecule is COC(=O)c1cc(CN(C(=O)C(CC(=O)OC(C)(C)C)Cc2c(C)cc(C(N)=O)cc2C)C(C)c2nc(-c3ccccc3)c[nH]2)ccc1OC. The van der Waals surface area contributed by atoms with Crippen molar-refractivity contribution in [3.05, 3.63) is 106 Å². The second-order valence-electron chi connectivity index (χ2n) is 13.3. The van der Waals surface area contributed by atoms with Crippen molar-refractivity contribution in [3.63, 3.8) is 0 Å². The van der Waals surface area contributed by atoms with E-state index in [1.165, 1.54) is 14.2 Å². The first-order valence-electron chi connectivity index (χ1n) is 16.4. The third-order valence-corrected chi connectivity index (χ3v) is 8.45. The molecule has 0 saturated carbocycles. The number of imidazole rings is 1. The van der Waals surface area contributed by atoms with Crippen LogP contribution in [0.4, 0.5) is 0 Å². The summed E-state index contributed by atoms with van der Waals surface area (Å²) in [5, 5.41) is 0. The highest BCUT2D eigenvalue weighted by atomic mass is 16.6. The lowest BCUT2D eigenvalue weighted by molar-refractivity contribution is -0.159. The van der Waals surface area contributed by atoms with Gasteiger partial charge in [-0.1, -0.05) is 36.4 Å². The van der Waals surface area contributed by atoms with Gasteiger partial charge in [0.05, 0.1) is 38.3 Å². The summed E-state index contributed by atoms with van der Waals surface area (Å²) in [4.78, 5) is 62.6. The van der Waals surface area contributed by atoms with Gasteiger partial charge in [0.15, 0.2) is 0 Å². The molecule has 264 valence electrons. The number of hydrogen-bond donors (Lipinski definition) is 2. The Balaban J connectivity index is 1.81. The summed E-state index contributed by atoms with van der Waals surface area (Å²) >= 11 is 0. The zero-order valence-corrected chi connectivity index (χ0v) is 30.0. The van der Waals surface area contributed by atoms with Crippen LogP contribution in [0, 0.1) is 19.8 Å². The second kappa shape index (κ2) is 15.8. The summed E-state index contributed by atoms with van der Waals surface area (Å²) in [5.41, 5.74) is 10.0. The minimum Gasteiger partial charge on any atom is -0.496 e. The second-order valence-corrected chi connectivity index (χ2v) is 13.3. The number of aromatic amines is 1. The zero-order valence-electron chi connectivity index (χ0n) is 30.0. The van der Waals surface area contributed by atoms with Crippen molar-refractivity contribution in [1.29, 1.82) is 0 Å². The summed E-state index contributed by atoms with van der Waals surface area (Å²) in [6.07, 6.45) is 1.79. The zero-order chi connectivity index (χ0) is 36.7. The fourth-order valence-corrected chi connectivity index (χ4v) is 5.95. The number of nitrogens with one attached hydrogen (secondary N) is 1. The van der Waals surface area contributed by atoms with Gasteiger partial charge in [-0.2, -0.15) is 0 Å². The van der Waals surface area contributed by atoms with Crippen LogP contribution in [0.25, 0.3) is 11.3 Å². The number of methoxy groups -OCH3 is 2. The Bertz CT molecular complexity index is 1840. The molecular weight excluding hydrogens is 636 g/mol. The number of H-pyrrole nitrogens is 1. The highest BCUT2D eigenvalue weighted by Gasteiger charge is 2.34. The topological polar surface area (TPSA) is 154 Å². The Morgan fingerprint density at radius 3 is 2.20 bits per heavy atom. The van der Waals surface area contributed by atoms with E-state index in [1.807, 2.05) is 51.1 Å². The Morgan fingerprint density at radius 1 is 0.960 bits per heavy atom. The van der Waals surface area contributed by atoms with Gasteiger partial charge in [-0.15, -0.1) is 0 Å². The average molecular weight is 683 g/mol. The van der Waals surface area contributed by atoms with Crippen molar-refractivity contribution >= 4 is 23.8 Å². The fourth-order valence-electron chi connectivity index (χ4n) is 5.95. The molecule has 1 aromatic heterocycles. The third kappa shape index (κ3) is 9.16. The molecule has 4 rings (SSSR count). The molecule has 0 aliphatic heterocycles. The molecule has 2 unspecified atom stereocenters. The highest BCUT2D eigenvalue weighted by Crippen LogP contribution is 2.31. The maximum atomic E-state index is 14.9. The number of rotatable bonds is 13. The molecule has 11 heteroatoms. The summed E-state index contributed by atoms with van der Waals surface area (Å²) in [7, 11) is 2.75. The molecule has 0 fully saturated rings. The number of esters is 2. The van der Waals surface area contributed by atoms with Gasteiger partial charge in [-0.3, -0.25) is 14.4 Å². The van der Waals surface area contributed by atoms with Crippen molar-refractivity contribution in [1.82, 2.24) is 14.9 Å². The lowest BCUT2D eigenvalue weighted by Crippen LogP contribution is -2.40. The Morgan fingerprint density at radius 2 is 1.62 bits per heavy atom. The molecule has 11 nitrogen and oxygen atoms in total. The number of amides is 2. The van der Waals surface area contributed by atoms with Crippen LogP contribution in [0.1, 0.15) is 89.0 Å². The van der Waals surface area contributed by atoms with Crippen LogP contribution in [0.15, 0.2) is 66.9 Å². The molecule has 0 spiro atoms. The molecule has 1 heterocycles. The number of hydrogen-bond acceptors (Lipinski definition) is 8. The van der Waals surface area contributed by atoms with E-state index in [0.29, 0.717) is 28.4 Å². The van der Waals surface area contributed by atoms with Gasteiger partial charge in [0.2, 0.25) is 11.8 Å².